The molecule has 1 atom stereocenters. The molecule has 0 radical (unpaired) electrons. The van der Waals surface area contributed by atoms with Crippen molar-refractivity contribution in [1.82, 2.24) is 4.90 Å². The van der Waals surface area contributed by atoms with Crippen LogP contribution in [0, 0.1) is 0 Å². The molecule has 0 aromatic heterocycles. The molecule has 1 aromatic rings. The molecule has 2 heterocycles. The molecule has 0 amide bonds. The third-order valence-corrected chi connectivity index (χ3v) is 5.78. The summed E-state index contributed by atoms with van der Waals surface area (Å²) in [5.41, 5.74) is 6.91. The third-order valence-electron chi connectivity index (χ3n) is 4.99. The zero-order chi connectivity index (χ0) is 16.8. The summed E-state index contributed by atoms with van der Waals surface area (Å²) in [5, 5.41) is 0.691. The molecular formula is C19H29N3OS. The first-order valence-corrected chi connectivity index (χ1v) is 10.1. The molecule has 0 bridgehead atoms. The Bertz CT molecular complexity index is 571. The van der Waals surface area contributed by atoms with Crippen LogP contribution in [0.15, 0.2) is 29.3 Å². The number of benzene rings is 1. The summed E-state index contributed by atoms with van der Waals surface area (Å²) in [6.45, 7) is 6.60. The third kappa shape index (κ3) is 4.67. The zero-order valence-electron chi connectivity index (χ0n) is 14.7. The van der Waals surface area contributed by atoms with Gasteiger partial charge in [0.05, 0.1) is 12.1 Å². The maximum Gasteiger partial charge on any atom is 0.154 e. The molecule has 1 unspecified atom stereocenters. The van der Waals surface area contributed by atoms with Gasteiger partial charge in [-0.15, -0.1) is 0 Å². The second-order valence-electron chi connectivity index (χ2n) is 6.95. The normalized spacial score (nSPS) is 25.3. The molecule has 2 N–H and O–H groups in total. The summed E-state index contributed by atoms with van der Waals surface area (Å²) in [5.74, 6) is 1.96. The van der Waals surface area contributed by atoms with Crippen LogP contribution in [0.1, 0.15) is 44.6 Å². The average Bonchev–Trinajstić information content (AvgIpc) is 2.60. The van der Waals surface area contributed by atoms with Gasteiger partial charge in [-0.1, -0.05) is 30.3 Å². The largest absolute Gasteiger partial charge is 0.494 e. The van der Waals surface area contributed by atoms with Crippen molar-refractivity contribution in [3.05, 3.63) is 29.8 Å². The highest BCUT2D eigenvalue weighted by molar-refractivity contribution is 8.13. The maximum absolute atomic E-state index is 5.99. The van der Waals surface area contributed by atoms with Crippen LogP contribution in [0.4, 0.5) is 0 Å². The Morgan fingerprint density at radius 3 is 2.92 bits per heavy atom. The van der Waals surface area contributed by atoms with Crippen LogP contribution in [0.2, 0.25) is 0 Å². The lowest BCUT2D eigenvalue weighted by atomic mass is 9.90. The van der Waals surface area contributed by atoms with Gasteiger partial charge < -0.3 is 15.4 Å². The van der Waals surface area contributed by atoms with Crippen LogP contribution < -0.4 is 10.5 Å². The van der Waals surface area contributed by atoms with Gasteiger partial charge in [-0.05, 0) is 63.4 Å². The molecule has 1 fully saturated rings. The van der Waals surface area contributed by atoms with E-state index in [-0.39, 0.29) is 5.54 Å². The van der Waals surface area contributed by atoms with E-state index in [1.165, 1.54) is 37.9 Å². The lowest BCUT2D eigenvalue weighted by Gasteiger charge is -2.30. The van der Waals surface area contributed by atoms with E-state index in [4.69, 9.17) is 10.5 Å². The van der Waals surface area contributed by atoms with Gasteiger partial charge in [0.1, 0.15) is 5.75 Å². The number of hydrogen-bond donors (Lipinski definition) is 1. The molecule has 2 aliphatic heterocycles. The second-order valence-corrected chi connectivity index (χ2v) is 8.07. The molecule has 132 valence electrons. The molecule has 4 nitrogen and oxygen atoms in total. The number of amidine groups is 1. The van der Waals surface area contributed by atoms with Gasteiger partial charge in [-0.25, -0.2) is 0 Å². The van der Waals surface area contributed by atoms with Crippen LogP contribution >= 0.6 is 11.8 Å². The summed E-state index contributed by atoms with van der Waals surface area (Å²) in [7, 11) is 0. The summed E-state index contributed by atoms with van der Waals surface area (Å²) in [4.78, 5) is 7.24. The number of hydrogen-bond acceptors (Lipinski definition) is 5. The summed E-state index contributed by atoms with van der Waals surface area (Å²) in [6.07, 6.45) is 6.19. The minimum Gasteiger partial charge on any atom is -0.494 e. The lowest BCUT2D eigenvalue weighted by Crippen LogP contribution is -2.31. The number of nitrogens with zero attached hydrogens (tertiary/aromatic N) is 2. The first kappa shape index (κ1) is 17.6. The number of piperidine rings is 1. The van der Waals surface area contributed by atoms with Crippen LogP contribution in [-0.4, -0.2) is 42.1 Å². The molecule has 3 rings (SSSR count). The molecular weight excluding hydrogens is 318 g/mol. The van der Waals surface area contributed by atoms with E-state index in [9.17, 15) is 0 Å². The number of ether oxygens (including phenoxy) is 1. The fourth-order valence-corrected chi connectivity index (χ4v) is 4.45. The monoisotopic (exact) mass is 347 g/mol. The van der Waals surface area contributed by atoms with Gasteiger partial charge in [-0.3, -0.25) is 4.99 Å². The standard InChI is InChI=1S/C19H29N3OS/c1-19(9-14-24-18(20)21-19)16-7-5-8-17(15-16)23-13-6-12-22-10-3-2-4-11-22/h5,7-8,15H,2-4,6,9-14H2,1H3,(H2,20,21). The fourth-order valence-electron chi connectivity index (χ4n) is 3.48. The maximum atomic E-state index is 5.99. The Kier molecular flexibility index (Phi) is 6.06. The van der Waals surface area contributed by atoms with Crippen molar-refractivity contribution in [2.24, 2.45) is 10.7 Å². The molecule has 2 aliphatic rings. The number of rotatable bonds is 6. The lowest BCUT2D eigenvalue weighted by molar-refractivity contribution is 0.205. The zero-order valence-corrected chi connectivity index (χ0v) is 15.5. The van der Waals surface area contributed by atoms with Crippen molar-refractivity contribution in [3.8, 4) is 5.75 Å². The molecule has 1 saturated heterocycles. The number of thioether (sulfide) groups is 1. The number of aliphatic imine (C=N–C) groups is 1. The van der Waals surface area contributed by atoms with Crippen LogP contribution in [0.5, 0.6) is 5.75 Å². The Balaban J connectivity index is 1.52. The Labute approximate surface area is 149 Å². The molecule has 1 aromatic carbocycles. The van der Waals surface area contributed by atoms with E-state index in [1.807, 2.05) is 6.07 Å². The van der Waals surface area contributed by atoms with Gasteiger partial charge in [-0.2, -0.15) is 0 Å². The highest BCUT2D eigenvalue weighted by atomic mass is 32.2. The topological polar surface area (TPSA) is 50.9 Å². The van der Waals surface area contributed by atoms with Crippen molar-refractivity contribution in [3.63, 3.8) is 0 Å². The van der Waals surface area contributed by atoms with Gasteiger partial charge in [0.15, 0.2) is 5.17 Å². The van der Waals surface area contributed by atoms with Crippen LogP contribution in [0.3, 0.4) is 0 Å². The summed E-state index contributed by atoms with van der Waals surface area (Å²) >= 11 is 1.64. The van der Waals surface area contributed by atoms with Gasteiger partial charge in [0, 0.05) is 12.3 Å². The molecule has 0 spiro atoms. The molecule has 0 saturated carbocycles. The second kappa shape index (κ2) is 8.26. The molecule has 24 heavy (non-hydrogen) atoms. The Hall–Kier alpha value is -1.20. The SMILES string of the molecule is CC1(c2cccc(OCCCN3CCCCC3)c2)CCSC(N)=N1. The summed E-state index contributed by atoms with van der Waals surface area (Å²) < 4.78 is 5.99. The molecule has 5 heteroatoms. The van der Waals surface area contributed by atoms with Gasteiger partial charge in [0.2, 0.25) is 0 Å². The van der Waals surface area contributed by atoms with Crippen LogP contribution in [-0.2, 0) is 5.54 Å². The number of likely N-dealkylation sites (tertiary alicyclic amines) is 1. The van der Waals surface area contributed by atoms with Crippen molar-refractivity contribution in [2.45, 2.75) is 44.6 Å². The van der Waals surface area contributed by atoms with Crippen LogP contribution in [0.25, 0.3) is 0 Å². The average molecular weight is 348 g/mol. The van der Waals surface area contributed by atoms with E-state index >= 15 is 0 Å². The Morgan fingerprint density at radius 1 is 1.29 bits per heavy atom. The Morgan fingerprint density at radius 2 is 2.12 bits per heavy atom. The van der Waals surface area contributed by atoms with E-state index in [0.29, 0.717) is 5.17 Å². The first-order valence-electron chi connectivity index (χ1n) is 9.10. The highest BCUT2D eigenvalue weighted by Gasteiger charge is 2.29. The van der Waals surface area contributed by atoms with E-state index in [1.54, 1.807) is 11.8 Å². The van der Waals surface area contributed by atoms with E-state index in [2.05, 4.69) is 35.0 Å². The fraction of sp³-hybridized carbons (Fsp3) is 0.632. The highest BCUT2D eigenvalue weighted by Crippen LogP contribution is 2.36. The van der Waals surface area contributed by atoms with Gasteiger partial charge >= 0.3 is 0 Å². The summed E-state index contributed by atoms with van der Waals surface area (Å²) in [6, 6.07) is 8.37. The smallest absolute Gasteiger partial charge is 0.154 e. The van der Waals surface area contributed by atoms with E-state index in [0.717, 1.165) is 37.5 Å². The number of nitrogens with two attached hydrogens (primary N) is 1. The predicted molar refractivity (Wildman–Crippen MR) is 103 cm³/mol. The van der Waals surface area contributed by atoms with E-state index < -0.39 is 0 Å². The first-order chi connectivity index (χ1) is 11.7. The molecule has 0 aliphatic carbocycles. The van der Waals surface area contributed by atoms with Crippen molar-refractivity contribution < 1.29 is 4.74 Å². The minimum absolute atomic E-state index is 0.220. The quantitative estimate of drug-likeness (QED) is 0.799. The van der Waals surface area contributed by atoms with Crippen molar-refractivity contribution >= 4 is 16.9 Å². The van der Waals surface area contributed by atoms with Gasteiger partial charge in [0.25, 0.3) is 0 Å². The minimum atomic E-state index is -0.220. The van der Waals surface area contributed by atoms with Crippen molar-refractivity contribution in [1.29, 1.82) is 0 Å². The predicted octanol–water partition coefficient (Wildman–Crippen LogP) is 3.61. The van der Waals surface area contributed by atoms with Crippen molar-refractivity contribution in [2.75, 3.05) is 32.0 Å².